The fraction of sp³-hybridized carbons (Fsp3) is 0.333. The molecule has 0 radical (unpaired) electrons. The molecule has 0 fully saturated rings. The predicted molar refractivity (Wildman–Crippen MR) is 85.9 cm³/mol. The highest BCUT2D eigenvalue weighted by Crippen LogP contribution is 2.12. The summed E-state index contributed by atoms with van der Waals surface area (Å²) in [6, 6.07) is 7.50. The first kappa shape index (κ1) is 18.1. The van der Waals surface area contributed by atoms with Crippen LogP contribution >= 0.6 is 0 Å². The van der Waals surface area contributed by atoms with Gasteiger partial charge in [-0.15, -0.1) is 0 Å². The minimum atomic E-state index is -3.69. The number of aryl methyl sites for hydroxylation is 1. The van der Waals surface area contributed by atoms with Gasteiger partial charge >= 0.3 is 0 Å². The number of benzene rings is 1. The molecular weight excluding hydrogens is 334 g/mol. The van der Waals surface area contributed by atoms with Crippen molar-refractivity contribution in [2.75, 3.05) is 20.3 Å². The molecule has 0 saturated heterocycles. The van der Waals surface area contributed by atoms with Crippen LogP contribution in [0.3, 0.4) is 0 Å². The Morgan fingerprint density at radius 1 is 1.33 bits per heavy atom. The number of sulfonamides is 1. The molecule has 1 aromatic heterocycles. The molecule has 1 amide bonds. The molecule has 2 N–H and O–H groups in total. The summed E-state index contributed by atoms with van der Waals surface area (Å²) in [7, 11) is -2.21. The first-order valence-electron chi connectivity index (χ1n) is 7.21. The highest BCUT2D eigenvalue weighted by Gasteiger charge is 2.16. The monoisotopic (exact) mass is 353 g/mol. The minimum absolute atomic E-state index is 0.0172. The van der Waals surface area contributed by atoms with E-state index in [0.29, 0.717) is 11.5 Å². The number of nitrogens with zero attached hydrogens (tertiary/aromatic N) is 1. The lowest BCUT2D eigenvalue weighted by Crippen LogP contribution is -2.28. The zero-order chi connectivity index (χ0) is 17.6. The molecule has 0 bridgehead atoms. The maximum absolute atomic E-state index is 12.2. The molecule has 0 aliphatic heterocycles. The van der Waals surface area contributed by atoms with Crippen molar-refractivity contribution in [2.24, 2.45) is 0 Å². The number of hydrogen-bond donors (Lipinski definition) is 2. The molecule has 130 valence electrons. The highest BCUT2D eigenvalue weighted by atomic mass is 32.2. The number of rotatable bonds is 8. The van der Waals surface area contributed by atoms with E-state index in [9.17, 15) is 13.2 Å². The third-order valence-electron chi connectivity index (χ3n) is 3.11. The Morgan fingerprint density at radius 2 is 2.12 bits per heavy atom. The van der Waals surface area contributed by atoms with E-state index in [1.807, 2.05) is 0 Å². The van der Waals surface area contributed by atoms with E-state index in [0.717, 1.165) is 0 Å². The third kappa shape index (κ3) is 4.88. The van der Waals surface area contributed by atoms with Gasteiger partial charge in [0, 0.05) is 25.3 Å². The molecule has 1 aromatic carbocycles. The fourth-order valence-electron chi connectivity index (χ4n) is 1.94. The summed E-state index contributed by atoms with van der Waals surface area (Å²) in [5, 5.41) is 6.44. The summed E-state index contributed by atoms with van der Waals surface area (Å²) >= 11 is 0. The van der Waals surface area contributed by atoms with Crippen LogP contribution in [0.25, 0.3) is 0 Å². The van der Waals surface area contributed by atoms with Gasteiger partial charge in [-0.05, 0) is 25.1 Å². The van der Waals surface area contributed by atoms with Crippen LogP contribution in [0.5, 0.6) is 0 Å². The van der Waals surface area contributed by atoms with Gasteiger partial charge in [0.25, 0.3) is 5.91 Å². The van der Waals surface area contributed by atoms with Gasteiger partial charge in [-0.2, -0.15) is 0 Å². The summed E-state index contributed by atoms with van der Waals surface area (Å²) in [6.45, 7) is 2.36. The molecule has 0 aliphatic rings. The van der Waals surface area contributed by atoms with Gasteiger partial charge in [0.2, 0.25) is 10.0 Å². The number of methoxy groups -OCH3 is 1. The van der Waals surface area contributed by atoms with Crippen molar-refractivity contribution < 1.29 is 22.5 Å². The van der Waals surface area contributed by atoms with Gasteiger partial charge in [-0.1, -0.05) is 11.2 Å². The van der Waals surface area contributed by atoms with Crippen molar-refractivity contribution in [3.8, 4) is 0 Å². The molecule has 8 nitrogen and oxygen atoms in total. The lowest BCUT2D eigenvalue weighted by atomic mass is 10.2. The number of nitrogens with one attached hydrogen (secondary N) is 2. The van der Waals surface area contributed by atoms with E-state index >= 15 is 0 Å². The van der Waals surface area contributed by atoms with Gasteiger partial charge in [-0.25, -0.2) is 13.1 Å². The molecule has 24 heavy (non-hydrogen) atoms. The summed E-state index contributed by atoms with van der Waals surface area (Å²) in [5.41, 5.74) is 0.829. The minimum Gasteiger partial charge on any atom is -0.383 e. The van der Waals surface area contributed by atoms with Crippen molar-refractivity contribution in [1.82, 2.24) is 15.2 Å². The average molecular weight is 353 g/mol. The van der Waals surface area contributed by atoms with E-state index in [4.69, 9.17) is 9.26 Å². The molecule has 0 unspecified atom stereocenters. The summed E-state index contributed by atoms with van der Waals surface area (Å²) in [4.78, 5) is 12.2. The molecule has 1 heterocycles. The Kier molecular flexibility index (Phi) is 6.07. The van der Waals surface area contributed by atoms with Crippen LogP contribution in [0.1, 0.15) is 21.8 Å². The number of aromatic nitrogens is 1. The van der Waals surface area contributed by atoms with Crippen LogP contribution in [-0.4, -0.2) is 39.7 Å². The summed E-state index contributed by atoms with van der Waals surface area (Å²) in [5.74, 6) is 0.249. The van der Waals surface area contributed by atoms with Crippen molar-refractivity contribution >= 4 is 15.9 Å². The number of amides is 1. The molecule has 0 spiro atoms. The van der Waals surface area contributed by atoms with Crippen molar-refractivity contribution in [1.29, 1.82) is 0 Å². The smallest absolute Gasteiger partial charge is 0.251 e. The quantitative estimate of drug-likeness (QED) is 0.680. The van der Waals surface area contributed by atoms with E-state index in [2.05, 4.69) is 15.2 Å². The molecule has 2 aromatic rings. The van der Waals surface area contributed by atoms with Gasteiger partial charge in [0.15, 0.2) is 0 Å². The molecule has 0 aliphatic carbocycles. The van der Waals surface area contributed by atoms with Crippen LogP contribution in [0.15, 0.2) is 39.8 Å². The number of carbonyl (C=O) groups excluding carboxylic acids is 1. The van der Waals surface area contributed by atoms with Crippen LogP contribution < -0.4 is 10.0 Å². The number of carbonyl (C=O) groups is 1. The largest absolute Gasteiger partial charge is 0.383 e. The second-order valence-electron chi connectivity index (χ2n) is 5.03. The number of ether oxygens (including phenoxy) is 1. The Bertz CT molecular complexity index is 801. The Hall–Kier alpha value is -2.23. The van der Waals surface area contributed by atoms with Crippen LogP contribution in [0.4, 0.5) is 0 Å². The maximum atomic E-state index is 12.2. The van der Waals surface area contributed by atoms with Crippen molar-refractivity contribution in [3.63, 3.8) is 0 Å². The molecule has 2 rings (SSSR count). The van der Waals surface area contributed by atoms with Crippen LogP contribution in [-0.2, 0) is 21.3 Å². The van der Waals surface area contributed by atoms with E-state index in [1.54, 1.807) is 13.0 Å². The van der Waals surface area contributed by atoms with Gasteiger partial charge in [0.05, 0.1) is 18.0 Å². The van der Waals surface area contributed by atoms with Crippen LogP contribution in [0.2, 0.25) is 0 Å². The summed E-state index contributed by atoms with van der Waals surface area (Å²) in [6.07, 6.45) is 0. The van der Waals surface area contributed by atoms with Gasteiger partial charge in [-0.3, -0.25) is 4.79 Å². The second kappa shape index (κ2) is 8.04. The number of hydrogen-bond acceptors (Lipinski definition) is 6. The molecule has 0 atom stereocenters. The normalized spacial score (nSPS) is 11.4. The predicted octanol–water partition coefficient (Wildman–Crippen LogP) is 0.838. The SMILES string of the molecule is COCCNS(=O)(=O)c1cccc(C(=O)NCc2cc(C)on2)c1. The third-order valence-corrected chi connectivity index (χ3v) is 4.57. The van der Waals surface area contributed by atoms with Crippen molar-refractivity contribution in [3.05, 3.63) is 47.3 Å². The Balaban J connectivity index is 2.04. The maximum Gasteiger partial charge on any atom is 0.251 e. The lowest BCUT2D eigenvalue weighted by molar-refractivity contribution is 0.0950. The van der Waals surface area contributed by atoms with Gasteiger partial charge < -0.3 is 14.6 Å². The van der Waals surface area contributed by atoms with Gasteiger partial charge in [0.1, 0.15) is 11.5 Å². The fourth-order valence-corrected chi connectivity index (χ4v) is 3.00. The lowest BCUT2D eigenvalue weighted by Gasteiger charge is -2.08. The first-order chi connectivity index (χ1) is 11.4. The van der Waals surface area contributed by atoms with E-state index < -0.39 is 15.9 Å². The molecular formula is C15H19N3O5S. The zero-order valence-electron chi connectivity index (χ0n) is 13.4. The molecule has 9 heteroatoms. The zero-order valence-corrected chi connectivity index (χ0v) is 14.2. The van der Waals surface area contributed by atoms with Crippen molar-refractivity contribution in [2.45, 2.75) is 18.4 Å². The average Bonchev–Trinajstić information content (AvgIpc) is 2.98. The van der Waals surface area contributed by atoms with E-state index in [1.165, 1.54) is 31.4 Å². The van der Waals surface area contributed by atoms with Crippen LogP contribution in [0, 0.1) is 6.92 Å². The summed E-state index contributed by atoms with van der Waals surface area (Å²) < 4.78 is 36.4. The Labute approximate surface area is 140 Å². The second-order valence-corrected chi connectivity index (χ2v) is 6.80. The van der Waals surface area contributed by atoms with E-state index in [-0.39, 0.29) is 30.2 Å². The highest BCUT2D eigenvalue weighted by molar-refractivity contribution is 7.89. The standard InChI is InChI=1S/C15H19N3O5S/c1-11-8-13(18-23-11)10-16-15(19)12-4-3-5-14(9-12)24(20,21)17-6-7-22-2/h3-5,8-9,17H,6-7,10H2,1-2H3,(H,16,19). The topological polar surface area (TPSA) is 111 Å². The Morgan fingerprint density at radius 3 is 2.79 bits per heavy atom. The molecule has 0 saturated carbocycles. The first-order valence-corrected chi connectivity index (χ1v) is 8.70.